The number of halogens is 1. The molecule has 1 amide bonds. The summed E-state index contributed by atoms with van der Waals surface area (Å²) in [6, 6.07) is 8.05. The van der Waals surface area contributed by atoms with E-state index in [4.69, 9.17) is 4.74 Å². The van der Waals surface area contributed by atoms with E-state index in [1.807, 2.05) is 37.6 Å². The van der Waals surface area contributed by atoms with E-state index < -0.39 is 0 Å². The Morgan fingerprint density at radius 3 is 3.00 bits per heavy atom. The normalized spacial score (nSPS) is 24.8. The molecule has 4 rings (SSSR count). The van der Waals surface area contributed by atoms with Gasteiger partial charge in [-0.15, -0.1) is 12.4 Å². The smallest absolute Gasteiger partial charge is 0.225 e. The number of hydrogen-bond acceptors (Lipinski definition) is 4. The first kappa shape index (κ1) is 17.8. The number of ether oxygens (including phenoxy) is 1. The molecule has 7 heteroatoms. The van der Waals surface area contributed by atoms with Crippen LogP contribution in [0.15, 0.2) is 36.7 Å². The number of benzene rings is 1. The molecule has 0 bridgehead atoms. The average Bonchev–Trinajstić information content (AvgIpc) is 3.23. The molecule has 0 aliphatic carbocycles. The van der Waals surface area contributed by atoms with Gasteiger partial charge in [0.15, 0.2) is 0 Å². The highest BCUT2D eigenvalue weighted by Gasteiger charge is 2.36. The van der Waals surface area contributed by atoms with Crippen molar-refractivity contribution in [2.75, 3.05) is 19.7 Å². The van der Waals surface area contributed by atoms with Gasteiger partial charge in [0.2, 0.25) is 5.91 Å². The molecular weight excluding hydrogens is 340 g/mol. The lowest BCUT2D eigenvalue weighted by atomic mass is 9.89. The van der Waals surface area contributed by atoms with Crippen LogP contribution in [0.5, 0.6) is 5.75 Å². The van der Waals surface area contributed by atoms with Crippen LogP contribution in [-0.4, -0.2) is 41.4 Å². The molecule has 3 atom stereocenters. The molecule has 3 heterocycles. The third-order valence-electron chi connectivity index (χ3n) is 4.93. The van der Waals surface area contributed by atoms with Gasteiger partial charge in [-0.2, -0.15) is 5.10 Å². The highest BCUT2D eigenvalue weighted by atomic mass is 35.5. The van der Waals surface area contributed by atoms with Gasteiger partial charge in [-0.1, -0.05) is 18.2 Å². The molecular formula is C18H23ClN4O2. The van der Waals surface area contributed by atoms with E-state index in [-0.39, 0.29) is 36.2 Å². The van der Waals surface area contributed by atoms with Crippen LogP contribution >= 0.6 is 12.4 Å². The van der Waals surface area contributed by atoms with Crippen molar-refractivity contribution in [3.05, 3.63) is 47.8 Å². The number of fused-ring (bicyclic) bond motifs is 1. The fourth-order valence-corrected chi connectivity index (χ4v) is 3.67. The fourth-order valence-electron chi connectivity index (χ4n) is 3.67. The molecule has 0 spiro atoms. The molecule has 2 aliphatic heterocycles. The maximum Gasteiger partial charge on any atom is 0.225 e. The van der Waals surface area contributed by atoms with Crippen molar-refractivity contribution in [1.29, 1.82) is 0 Å². The van der Waals surface area contributed by atoms with Gasteiger partial charge in [0.05, 0.1) is 18.2 Å². The molecule has 0 saturated carbocycles. The van der Waals surface area contributed by atoms with Crippen molar-refractivity contribution >= 4 is 18.3 Å². The van der Waals surface area contributed by atoms with Crippen molar-refractivity contribution in [1.82, 2.24) is 20.4 Å². The van der Waals surface area contributed by atoms with Gasteiger partial charge < -0.3 is 15.4 Å². The molecule has 2 aliphatic rings. The molecule has 1 aromatic carbocycles. The van der Waals surface area contributed by atoms with Crippen molar-refractivity contribution < 1.29 is 9.53 Å². The summed E-state index contributed by atoms with van der Waals surface area (Å²) in [5.74, 6) is 1.14. The summed E-state index contributed by atoms with van der Waals surface area (Å²) in [5, 5.41) is 10.7. The molecule has 6 nitrogen and oxygen atoms in total. The molecule has 1 unspecified atom stereocenters. The number of carbonyl (C=O) groups excluding carboxylic acids is 1. The number of para-hydroxylation sites is 1. The predicted octanol–water partition coefficient (Wildman–Crippen LogP) is 1.26. The topological polar surface area (TPSA) is 68.2 Å². The molecule has 1 fully saturated rings. The Hall–Kier alpha value is -2.05. The Balaban J connectivity index is 0.00000182. The van der Waals surface area contributed by atoms with Gasteiger partial charge in [-0.25, -0.2) is 0 Å². The molecule has 0 radical (unpaired) electrons. The largest absolute Gasteiger partial charge is 0.491 e. The van der Waals surface area contributed by atoms with Gasteiger partial charge in [0.25, 0.3) is 0 Å². The standard InChI is InChI=1S/C18H22N4O2.ClH/c1-22-10-13(7-20-22)15-8-19-9-16(15)18(23)21-14-6-12-4-2-3-5-17(12)24-11-14;/h2-5,7,10,14-16,19H,6,8-9,11H2,1H3,(H,21,23);1H/t14?,15-,16+;/m1./s1. The fraction of sp³-hybridized carbons (Fsp3) is 0.444. The summed E-state index contributed by atoms with van der Waals surface area (Å²) in [6.45, 7) is 2.05. The number of amides is 1. The Morgan fingerprint density at radius 2 is 2.20 bits per heavy atom. The zero-order valence-electron chi connectivity index (χ0n) is 14.1. The number of hydrogen-bond donors (Lipinski definition) is 2. The predicted molar refractivity (Wildman–Crippen MR) is 97.1 cm³/mol. The first-order chi connectivity index (χ1) is 11.7. The number of nitrogens with zero attached hydrogens (tertiary/aromatic N) is 2. The van der Waals surface area contributed by atoms with Gasteiger partial charge in [-0.3, -0.25) is 9.48 Å². The Morgan fingerprint density at radius 1 is 1.36 bits per heavy atom. The lowest BCUT2D eigenvalue weighted by molar-refractivity contribution is -0.125. The molecule has 1 aromatic heterocycles. The van der Waals surface area contributed by atoms with E-state index in [2.05, 4.69) is 21.8 Å². The quantitative estimate of drug-likeness (QED) is 0.862. The van der Waals surface area contributed by atoms with E-state index >= 15 is 0 Å². The SMILES string of the molecule is Cl.Cn1cc([C@H]2CNC[C@@H]2C(=O)NC2COc3ccccc3C2)cn1. The molecule has 2 aromatic rings. The van der Waals surface area contributed by atoms with Crippen LogP contribution in [0.1, 0.15) is 17.0 Å². The molecule has 25 heavy (non-hydrogen) atoms. The van der Waals surface area contributed by atoms with E-state index in [9.17, 15) is 4.79 Å². The van der Waals surface area contributed by atoms with Crippen molar-refractivity contribution in [3.63, 3.8) is 0 Å². The van der Waals surface area contributed by atoms with Gasteiger partial charge in [0, 0.05) is 32.3 Å². The Labute approximate surface area is 153 Å². The average molecular weight is 363 g/mol. The first-order valence-electron chi connectivity index (χ1n) is 8.41. The van der Waals surface area contributed by atoms with Gasteiger partial charge >= 0.3 is 0 Å². The number of aromatic nitrogens is 2. The van der Waals surface area contributed by atoms with Crippen molar-refractivity contribution in [2.45, 2.75) is 18.4 Å². The van der Waals surface area contributed by atoms with Crippen LogP contribution in [0, 0.1) is 5.92 Å². The highest BCUT2D eigenvalue weighted by Crippen LogP contribution is 2.29. The number of nitrogens with one attached hydrogen (secondary N) is 2. The zero-order chi connectivity index (χ0) is 16.5. The molecule has 134 valence electrons. The van der Waals surface area contributed by atoms with Crippen LogP contribution in [0.25, 0.3) is 0 Å². The minimum atomic E-state index is -0.0635. The lowest BCUT2D eigenvalue weighted by Crippen LogP contribution is -2.46. The second-order valence-electron chi connectivity index (χ2n) is 6.65. The second-order valence-corrected chi connectivity index (χ2v) is 6.65. The lowest BCUT2D eigenvalue weighted by Gasteiger charge is -2.27. The van der Waals surface area contributed by atoms with E-state index in [0.29, 0.717) is 13.2 Å². The molecule has 2 N–H and O–H groups in total. The third kappa shape index (κ3) is 3.65. The third-order valence-corrected chi connectivity index (χ3v) is 4.93. The highest BCUT2D eigenvalue weighted by molar-refractivity contribution is 5.85. The second kappa shape index (κ2) is 7.45. The zero-order valence-corrected chi connectivity index (χ0v) is 15.0. The van der Waals surface area contributed by atoms with Gasteiger partial charge in [0.1, 0.15) is 12.4 Å². The van der Waals surface area contributed by atoms with Gasteiger partial charge in [-0.05, 0) is 23.6 Å². The minimum Gasteiger partial charge on any atom is -0.491 e. The van der Waals surface area contributed by atoms with E-state index in [1.54, 1.807) is 4.68 Å². The van der Waals surface area contributed by atoms with Crippen LogP contribution < -0.4 is 15.4 Å². The first-order valence-corrected chi connectivity index (χ1v) is 8.41. The molecule has 1 saturated heterocycles. The summed E-state index contributed by atoms with van der Waals surface area (Å²) in [4.78, 5) is 12.8. The summed E-state index contributed by atoms with van der Waals surface area (Å²) < 4.78 is 7.56. The van der Waals surface area contributed by atoms with E-state index in [1.165, 1.54) is 0 Å². The van der Waals surface area contributed by atoms with Crippen LogP contribution in [0.3, 0.4) is 0 Å². The van der Waals surface area contributed by atoms with Crippen LogP contribution in [-0.2, 0) is 18.3 Å². The number of aryl methyl sites for hydroxylation is 1. The van der Waals surface area contributed by atoms with Crippen molar-refractivity contribution in [2.24, 2.45) is 13.0 Å². The minimum absolute atomic E-state index is 0. The van der Waals surface area contributed by atoms with Crippen LogP contribution in [0.4, 0.5) is 0 Å². The summed E-state index contributed by atoms with van der Waals surface area (Å²) in [6.07, 6.45) is 4.68. The van der Waals surface area contributed by atoms with Crippen molar-refractivity contribution in [3.8, 4) is 5.75 Å². The van der Waals surface area contributed by atoms with Crippen LogP contribution in [0.2, 0.25) is 0 Å². The number of rotatable bonds is 3. The Bertz CT molecular complexity index is 748. The summed E-state index contributed by atoms with van der Waals surface area (Å²) in [5.41, 5.74) is 2.27. The summed E-state index contributed by atoms with van der Waals surface area (Å²) in [7, 11) is 1.90. The van der Waals surface area contributed by atoms with E-state index in [0.717, 1.165) is 29.8 Å². The monoisotopic (exact) mass is 362 g/mol. The maximum atomic E-state index is 12.8. The maximum absolute atomic E-state index is 12.8. The number of carbonyl (C=O) groups is 1. The Kier molecular flexibility index (Phi) is 5.30. The summed E-state index contributed by atoms with van der Waals surface area (Å²) >= 11 is 0.